The van der Waals surface area contributed by atoms with Crippen LogP contribution in [0.4, 0.5) is 0 Å². The largest absolute Gasteiger partial charge is 0.411 e. The summed E-state index contributed by atoms with van der Waals surface area (Å²) in [4.78, 5) is 8.10. The average Bonchev–Trinajstić information content (AvgIpc) is 2.69. The molecular weight excluding hydrogens is 414 g/mol. The second kappa shape index (κ2) is 51.7. The Hall–Kier alpha value is -1.67. The Bertz CT molecular complexity index is 345. The first-order valence-corrected chi connectivity index (χ1v) is 9.87. The highest BCUT2D eigenvalue weighted by Gasteiger charge is 1.69. The zero-order valence-corrected chi connectivity index (χ0v) is 24.0. The number of hydrazone groups is 1. The summed E-state index contributed by atoms with van der Waals surface area (Å²) in [7, 11) is 19.5. The van der Waals surface area contributed by atoms with Gasteiger partial charge in [-0.3, -0.25) is 15.4 Å². The molecule has 0 aromatic heterocycles. The second-order valence-electron chi connectivity index (χ2n) is 6.37. The van der Waals surface area contributed by atoms with Gasteiger partial charge in [-0.25, -0.2) is 5.48 Å². The van der Waals surface area contributed by atoms with Gasteiger partial charge >= 0.3 is 0 Å². The van der Waals surface area contributed by atoms with E-state index >= 15 is 0 Å². The van der Waals surface area contributed by atoms with E-state index in [0.29, 0.717) is 5.71 Å². The molecule has 6 N–H and O–H groups in total. The standard InChI is InChI=1S/C4H10N2.C4H9N.C3H10N2.C3H7NO.2C2H7NO.C2H7N/c1-4(2)6-5-3;1-4(2)5-3;1-4-5(2)3;1-3(2)4-5;1-3-4-2;1-3(2)4;1-3-2/h5H,1-3H3;1-3H3;4H,1-3H3;5H,1-2H3;3H,1-2H3;4H,1-2H3;3H,1-2H3. The molecule has 0 spiro atoms. The number of rotatable bonds is 3. The smallest absolute Gasteiger partial charge is 0.0572 e. The number of hydrogen-bond acceptors (Lipinski definition) is 12. The number of nitrogens with one attached hydrogen (secondary N) is 4. The molecule has 0 saturated heterocycles. The lowest BCUT2D eigenvalue weighted by Crippen LogP contribution is -2.25. The Kier molecular flexibility index (Phi) is 77.5. The van der Waals surface area contributed by atoms with Crippen molar-refractivity contribution in [2.24, 2.45) is 15.2 Å². The van der Waals surface area contributed by atoms with Gasteiger partial charge in [-0.2, -0.15) is 10.2 Å². The van der Waals surface area contributed by atoms with Crippen LogP contribution in [0.15, 0.2) is 15.2 Å². The van der Waals surface area contributed by atoms with E-state index in [-0.39, 0.29) is 0 Å². The summed E-state index contributed by atoms with van der Waals surface area (Å²) in [5.74, 6) is 0. The molecular formula is C20H57N9O3. The molecule has 0 radical (unpaired) electrons. The Labute approximate surface area is 199 Å². The van der Waals surface area contributed by atoms with Crippen LogP contribution in [0.2, 0.25) is 0 Å². The molecule has 0 unspecified atom stereocenters. The van der Waals surface area contributed by atoms with E-state index in [1.165, 1.54) is 0 Å². The first kappa shape index (κ1) is 47.9. The van der Waals surface area contributed by atoms with Gasteiger partial charge < -0.3 is 26.0 Å². The molecule has 12 nitrogen and oxygen atoms in total. The molecule has 0 aliphatic heterocycles. The van der Waals surface area contributed by atoms with Crippen LogP contribution in [0, 0.1) is 0 Å². The molecule has 0 saturated carbocycles. The predicted molar refractivity (Wildman–Crippen MR) is 142 cm³/mol. The van der Waals surface area contributed by atoms with E-state index in [9.17, 15) is 0 Å². The molecule has 200 valence electrons. The SMILES string of the molecule is CC(C)=NO.CN(C)O.CN=C(C)C.CNC.CNN(C)C.CNN=C(C)C.CNOC. The Balaban J connectivity index is -0.0000000460. The lowest BCUT2D eigenvalue weighted by molar-refractivity contribution is -0.0372. The third-order valence-corrected chi connectivity index (χ3v) is 1.63. The van der Waals surface area contributed by atoms with Crippen molar-refractivity contribution in [1.29, 1.82) is 0 Å². The molecule has 0 aliphatic rings. The maximum absolute atomic E-state index is 7.89. The molecule has 0 rings (SSSR count). The Morgan fingerprint density at radius 3 is 1.00 bits per heavy atom. The van der Waals surface area contributed by atoms with Gasteiger partial charge in [0.25, 0.3) is 0 Å². The third-order valence-electron chi connectivity index (χ3n) is 1.63. The maximum Gasteiger partial charge on any atom is 0.0572 e. The van der Waals surface area contributed by atoms with Crippen LogP contribution in [0.3, 0.4) is 0 Å². The van der Waals surface area contributed by atoms with Crippen LogP contribution >= 0.6 is 0 Å². The molecule has 32 heavy (non-hydrogen) atoms. The minimum absolute atomic E-state index is 0.685. The number of hydrogen-bond donors (Lipinski definition) is 6. The molecule has 0 fully saturated rings. The van der Waals surface area contributed by atoms with Crippen LogP contribution in [0.25, 0.3) is 0 Å². The van der Waals surface area contributed by atoms with Crippen molar-refractivity contribution in [3.8, 4) is 0 Å². The van der Waals surface area contributed by atoms with E-state index in [1.54, 1.807) is 56.2 Å². The summed E-state index contributed by atoms with van der Waals surface area (Å²) in [5, 5.41) is 27.8. The number of hydrazine groups is 1. The van der Waals surface area contributed by atoms with Crippen molar-refractivity contribution in [2.75, 3.05) is 77.6 Å². The molecule has 0 amide bonds. The fourth-order valence-corrected chi connectivity index (χ4v) is 0.224. The van der Waals surface area contributed by atoms with Gasteiger partial charge in [0.1, 0.15) is 0 Å². The van der Waals surface area contributed by atoms with Gasteiger partial charge in [0.05, 0.1) is 12.8 Å². The fraction of sp³-hybridized carbons (Fsp3) is 0.850. The number of aliphatic imine (C=N–C) groups is 1. The van der Waals surface area contributed by atoms with Crippen molar-refractivity contribution in [3.63, 3.8) is 0 Å². The van der Waals surface area contributed by atoms with Gasteiger partial charge in [0.2, 0.25) is 0 Å². The number of hydroxylamine groups is 3. The van der Waals surface area contributed by atoms with Gasteiger partial charge in [-0.1, -0.05) is 5.16 Å². The van der Waals surface area contributed by atoms with Crippen LogP contribution in [-0.2, 0) is 4.84 Å². The topological polar surface area (TPSA) is 141 Å². The molecule has 0 atom stereocenters. The summed E-state index contributed by atoms with van der Waals surface area (Å²) < 4.78 is 0. The normalized spacial score (nSPS) is 7.62. The molecule has 0 bridgehead atoms. The highest BCUT2D eigenvalue weighted by molar-refractivity contribution is 5.79. The molecule has 0 aliphatic carbocycles. The molecule has 12 heteroatoms. The summed E-state index contributed by atoms with van der Waals surface area (Å²) >= 11 is 0. The quantitative estimate of drug-likeness (QED) is 0.206. The van der Waals surface area contributed by atoms with Crippen LogP contribution < -0.4 is 21.6 Å². The van der Waals surface area contributed by atoms with Crippen LogP contribution in [0.5, 0.6) is 0 Å². The van der Waals surface area contributed by atoms with E-state index in [4.69, 9.17) is 10.4 Å². The van der Waals surface area contributed by atoms with Crippen molar-refractivity contribution in [1.82, 2.24) is 31.7 Å². The van der Waals surface area contributed by atoms with Crippen molar-refractivity contribution in [3.05, 3.63) is 0 Å². The zero-order valence-electron chi connectivity index (χ0n) is 24.0. The summed E-state index contributed by atoms with van der Waals surface area (Å²) in [6.07, 6.45) is 0. The van der Waals surface area contributed by atoms with E-state index in [1.807, 2.05) is 67.9 Å². The fourth-order valence-electron chi connectivity index (χ4n) is 0.224. The predicted octanol–water partition coefficient (Wildman–Crippen LogP) is 1.78. The van der Waals surface area contributed by atoms with Gasteiger partial charge in [-0.15, -0.1) is 0 Å². The van der Waals surface area contributed by atoms with Gasteiger partial charge in [0, 0.05) is 60.8 Å². The number of nitrogens with zero attached hydrogens (tertiary/aromatic N) is 5. The molecule has 0 heterocycles. The first-order valence-electron chi connectivity index (χ1n) is 9.87. The second-order valence-corrected chi connectivity index (χ2v) is 6.37. The molecule has 0 aromatic carbocycles. The maximum atomic E-state index is 7.89. The monoisotopic (exact) mass is 471 g/mol. The number of oxime groups is 1. The average molecular weight is 472 g/mol. The highest BCUT2D eigenvalue weighted by atomic mass is 16.6. The zero-order chi connectivity index (χ0) is 27.5. The minimum atomic E-state index is 0.685. The van der Waals surface area contributed by atoms with E-state index in [2.05, 4.69) is 41.7 Å². The lowest BCUT2D eigenvalue weighted by Gasteiger charge is -2.02. The molecule has 0 aromatic rings. The highest BCUT2D eigenvalue weighted by Crippen LogP contribution is 1.64. The summed E-state index contributed by atoms with van der Waals surface area (Å²) in [6, 6.07) is 0. The van der Waals surface area contributed by atoms with E-state index < -0.39 is 0 Å². The van der Waals surface area contributed by atoms with Gasteiger partial charge in [-0.05, 0) is 62.7 Å². The van der Waals surface area contributed by atoms with Crippen LogP contribution in [-0.4, -0.2) is 115 Å². The third kappa shape index (κ3) is 305. The summed E-state index contributed by atoms with van der Waals surface area (Å²) in [6.45, 7) is 11.3. The van der Waals surface area contributed by atoms with E-state index in [0.717, 1.165) is 16.5 Å². The van der Waals surface area contributed by atoms with Crippen molar-refractivity contribution >= 4 is 17.1 Å². The van der Waals surface area contributed by atoms with Crippen LogP contribution in [0.1, 0.15) is 41.5 Å². The van der Waals surface area contributed by atoms with Crippen molar-refractivity contribution < 1.29 is 15.3 Å². The minimum Gasteiger partial charge on any atom is -0.411 e. The van der Waals surface area contributed by atoms with Crippen molar-refractivity contribution in [2.45, 2.75) is 41.5 Å². The Morgan fingerprint density at radius 1 is 0.781 bits per heavy atom. The lowest BCUT2D eigenvalue weighted by atomic mass is 10.5. The summed E-state index contributed by atoms with van der Waals surface area (Å²) in [5.41, 5.74) is 10.8. The first-order chi connectivity index (χ1) is 14.6. The Morgan fingerprint density at radius 2 is 1.00 bits per heavy atom. The van der Waals surface area contributed by atoms with Gasteiger partial charge in [0.15, 0.2) is 0 Å².